The molecule has 0 spiro atoms. The summed E-state index contributed by atoms with van der Waals surface area (Å²) in [5.74, 6) is -0.314. The topological polar surface area (TPSA) is 94.3 Å². The number of fused-ring (bicyclic) bond motifs is 1. The summed E-state index contributed by atoms with van der Waals surface area (Å²) in [5, 5.41) is 3.02. The van der Waals surface area contributed by atoms with Crippen LogP contribution in [0.1, 0.15) is 47.8 Å². The van der Waals surface area contributed by atoms with Crippen molar-refractivity contribution in [2.24, 2.45) is 5.73 Å². The van der Waals surface area contributed by atoms with Gasteiger partial charge in [0.25, 0.3) is 5.91 Å². The number of amides is 1. The van der Waals surface area contributed by atoms with Crippen molar-refractivity contribution in [1.82, 2.24) is 4.98 Å². The summed E-state index contributed by atoms with van der Waals surface area (Å²) in [6, 6.07) is 1.83. The smallest absolute Gasteiger partial charge is 0.307 e. The Morgan fingerprint density at radius 3 is 2.86 bits per heavy atom. The van der Waals surface area contributed by atoms with Crippen LogP contribution in [0.2, 0.25) is 0 Å². The van der Waals surface area contributed by atoms with E-state index in [-0.39, 0.29) is 12.4 Å². The largest absolute Gasteiger partial charge is 0.466 e. The highest BCUT2D eigenvalue weighted by Crippen LogP contribution is 2.24. The van der Waals surface area contributed by atoms with Crippen LogP contribution < -0.4 is 11.1 Å². The monoisotopic (exact) mass is 291 g/mol. The van der Waals surface area contributed by atoms with E-state index in [4.69, 9.17) is 10.5 Å². The number of ether oxygens (including phenoxy) is 1. The van der Waals surface area contributed by atoms with Gasteiger partial charge in [0, 0.05) is 12.2 Å². The summed E-state index contributed by atoms with van der Waals surface area (Å²) >= 11 is 0. The fourth-order valence-electron chi connectivity index (χ4n) is 2.47. The molecular weight excluding hydrogens is 270 g/mol. The lowest BCUT2D eigenvalue weighted by molar-refractivity contribution is -0.142. The maximum Gasteiger partial charge on any atom is 0.307 e. The number of nitrogens with zero attached hydrogens (tertiary/aromatic N) is 1. The predicted molar refractivity (Wildman–Crippen MR) is 79.1 cm³/mol. The van der Waals surface area contributed by atoms with E-state index in [2.05, 4.69) is 10.3 Å². The third-order valence-corrected chi connectivity index (χ3v) is 3.49. The fraction of sp³-hybridized carbons (Fsp3) is 0.533. The van der Waals surface area contributed by atoms with Crippen molar-refractivity contribution >= 4 is 17.7 Å². The van der Waals surface area contributed by atoms with Crippen LogP contribution in [0, 0.1) is 0 Å². The minimum absolute atomic E-state index is 0.227. The molecule has 0 saturated heterocycles. The number of carbonyl (C=O) groups is 2. The molecule has 1 amide bonds. The molecule has 0 aromatic carbocycles. The highest BCUT2D eigenvalue weighted by Gasteiger charge is 2.17. The van der Waals surface area contributed by atoms with Crippen molar-refractivity contribution in [2.75, 3.05) is 18.5 Å². The van der Waals surface area contributed by atoms with Crippen LogP contribution in [0.3, 0.4) is 0 Å². The minimum Gasteiger partial charge on any atom is -0.466 e. The Kier molecular flexibility index (Phi) is 5.14. The van der Waals surface area contributed by atoms with Gasteiger partial charge >= 0.3 is 5.97 Å². The number of pyridine rings is 1. The molecule has 21 heavy (non-hydrogen) atoms. The van der Waals surface area contributed by atoms with Gasteiger partial charge in [0.05, 0.1) is 18.6 Å². The second-order valence-corrected chi connectivity index (χ2v) is 5.04. The van der Waals surface area contributed by atoms with E-state index in [1.165, 1.54) is 0 Å². The summed E-state index contributed by atoms with van der Waals surface area (Å²) in [7, 11) is 0. The van der Waals surface area contributed by atoms with E-state index in [0.717, 1.165) is 36.9 Å². The van der Waals surface area contributed by atoms with Gasteiger partial charge in [0.15, 0.2) is 0 Å². The molecule has 6 nitrogen and oxygen atoms in total. The molecule has 0 fully saturated rings. The quantitative estimate of drug-likeness (QED) is 0.773. The molecule has 1 aromatic rings. The van der Waals surface area contributed by atoms with Crippen LogP contribution >= 0.6 is 0 Å². The number of esters is 1. The highest BCUT2D eigenvalue weighted by atomic mass is 16.5. The number of rotatable bonds is 6. The van der Waals surface area contributed by atoms with Crippen molar-refractivity contribution in [3.8, 4) is 0 Å². The van der Waals surface area contributed by atoms with Gasteiger partial charge in [-0.2, -0.15) is 0 Å². The molecule has 2 rings (SSSR count). The number of hydrogen-bond acceptors (Lipinski definition) is 5. The van der Waals surface area contributed by atoms with Gasteiger partial charge in [0.1, 0.15) is 5.82 Å². The number of nitrogens with two attached hydrogens (primary N) is 1. The van der Waals surface area contributed by atoms with Crippen molar-refractivity contribution in [3.63, 3.8) is 0 Å². The molecule has 1 aromatic heterocycles. The molecule has 1 aliphatic carbocycles. The molecule has 3 N–H and O–H groups in total. The number of carbonyl (C=O) groups excluding carboxylic acids is 2. The Bertz CT molecular complexity index is 543. The normalized spacial score (nSPS) is 13.4. The van der Waals surface area contributed by atoms with Crippen molar-refractivity contribution in [2.45, 2.75) is 39.0 Å². The van der Waals surface area contributed by atoms with Crippen LogP contribution in [-0.2, 0) is 22.4 Å². The second kappa shape index (κ2) is 7.06. The zero-order chi connectivity index (χ0) is 15.2. The highest BCUT2D eigenvalue weighted by molar-refractivity contribution is 5.97. The lowest BCUT2D eigenvalue weighted by Gasteiger charge is -2.18. The number of hydrogen-bond donors (Lipinski definition) is 2. The summed E-state index contributed by atoms with van der Waals surface area (Å²) < 4.78 is 4.86. The molecular formula is C15H21N3O3. The van der Waals surface area contributed by atoms with Gasteiger partial charge < -0.3 is 15.8 Å². The van der Waals surface area contributed by atoms with Crippen molar-refractivity contribution in [1.29, 1.82) is 0 Å². The number of aromatic nitrogens is 1. The average Bonchev–Trinajstić information content (AvgIpc) is 2.46. The molecule has 1 heterocycles. The first-order valence-corrected chi connectivity index (χ1v) is 7.34. The van der Waals surface area contributed by atoms with E-state index in [0.29, 0.717) is 24.5 Å². The van der Waals surface area contributed by atoms with Gasteiger partial charge in [0.2, 0.25) is 0 Å². The lowest BCUT2D eigenvalue weighted by Crippen LogP contribution is -2.20. The first-order valence-electron chi connectivity index (χ1n) is 7.34. The zero-order valence-electron chi connectivity index (χ0n) is 12.3. The Morgan fingerprint density at radius 1 is 1.38 bits per heavy atom. The molecule has 114 valence electrons. The van der Waals surface area contributed by atoms with Crippen molar-refractivity contribution < 1.29 is 14.3 Å². The third-order valence-electron chi connectivity index (χ3n) is 3.49. The molecule has 0 aliphatic heterocycles. The standard InChI is InChI=1S/C15H21N3O3/c1-2-21-13(19)7-8-17-15-11(14(16)20)9-10-5-3-4-6-12(10)18-15/h9H,2-8H2,1H3,(H2,16,20)(H,17,18). The molecule has 0 saturated carbocycles. The Balaban J connectivity index is 2.10. The SMILES string of the molecule is CCOC(=O)CCNc1nc2c(cc1C(N)=O)CCCC2. The van der Waals surface area contributed by atoms with Crippen LogP contribution in [0.25, 0.3) is 0 Å². The van der Waals surface area contributed by atoms with Gasteiger partial charge in [-0.15, -0.1) is 0 Å². The maximum absolute atomic E-state index is 11.6. The molecule has 6 heteroatoms. The average molecular weight is 291 g/mol. The summed E-state index contributed by atoms with van der Waals surface area (Å²) in [6.07, 6.45) is 4.30. The maximum atomic E-state index is 11.6. The second-order valence-electron chi connectivity index (χ2n) is 5.04. The minimum atomic E-state index is -0.505. The van der Waals surface area contributed by atoms with E-state index >= 15 is 0 Å². The summed E-state index contributed by atoms with van der Waals surface area (Å²) in [4.78, 5) is 27.4. The van der Waals surface area contributed by atoms with Gasteiger partial charge in [-0.05, 0) is 44.2 Å². The molecule has 1 aliphatic rings. The number of nitrogens with one attached hydrogen (secondary N) is 1. The van der Waals surface area contributed by atoms with E-state index < -0.39 is 5.91 Å². The van der Waals surface area contributed by atoms with E-state index in [1.807, 2.05) is 6.07 Å². The Morgan fingerprint density at radius 2 is 2.14 bits per heavy atom. The van der Waals surface area contributed by atoms with Crippen LogP contribution in [0.5, 0.6) is 0 Å². The fourth-order valence-corrected chi connectivity index (χ4v) is 2.47. The predicted octanol–water partition coefficient (Wildman–Crippen LogP) is 1.42. The number of primary amides is 1. The number of aryl methyl sites for hydroxylation is 2. The first-order chi connectivity index (χ1) is 10.1. The summed E-state index contributed by atoms with van der Waals surface area (Å²) in [6.45, 7) is 2.49. The Hall–Kier alpha value is -2.11. The van der Waals surface area contributed by atoms with E-state index in [9.17, 15) is 9.59 Å². The van der Waals surface area contributed by atoms with Crippen LogP contribution in [0.15, 0.2) is 6.07 Å². The molecule has 0 radical (unpaired) electrons. The molecule has 0 bridgehead atoms. The zero-order valence-corrected chi connectivity index (χ0v) is 12.3. The number of anilines is 1. The summed E-state index contributed by atoms with van der Waals surface area (Å²) in [5.41, 5.74) is 7.93. The van der Waals surface area contributed by atoms with Gasteiger partial charge in [-0.25, -0.2) is 4.98 Å². The first kappa shape index (κ1) is 15.3. The van der Waals surface area contributed by atoms with E-state index in [1.54, 1.807) is 6.92 Å². The molecule has 0 atom stereocenters. The van der Waals surface area contributed by atoms with Crippen LogP contribution in [-0.4, -0.2) is 30.0 Å². The van der Waals surface area contributed by atoms with Crippen LogP contribution in [0.4, 0.5) is 5.82 Å². The Labute approximate surface area is 124 Å². The third kappa shape index (κ3) is 3.93. The van der Waals surface area contributed by atoms with Gasteiger partial charge in [-0.1, -0.05) is 0 Å². The van der Waals surface area contributed by atoms with Gasteiger partial charge in [-0.3, -0.25) is 9.59 Å². The van der Waals surface area contributed by atoms with Crippen molar-refractivity contribution in [3.05, 3.63) is 22.9 Å². The molecule has 0 unspecified atom stereocenters. The lowest BCUT2D eigenvalue weighted by atomic mass is 9.94.